The molecule has 34 heavy (non-hydrogen) atoms. The van der Waals surface area contributed by atoms with Gasteiger partial charge in [0.25, 0.3) is 0 Å². The molecule has 5 rings (SSSR count). The molecule has 0 radical (unpaired) electrons. The Bertz CT molecular complexity index is 722. The van der Waals surface area contributed by atoms with E-state index in [4.69, 9.17) is 9.98 Å². The molecule has 5 aliphatic rings. The highest BCUT2D eigenvalue weighted by molar-refractivity contribution is 8.12. The van der Waals surface area contributed by atoms with E-state index in [-0.39, 0.29) is 0 Å². The predicted octanol–water partition coefficient (Wildman–Crippen LogP) is 8.30. The van der Waals surface area contributed by atoms with Crippen LogP contribution in [0.15, 0.2) is 22.4 Å². The van der Waals surface area contributed by atoms with Crippen LogP contribution >= 0.6 is 11.9 Å². The van der Waals surface area contributed by atoms with Crippen molar-refractivity contribution >= 4 is 23.0 Å². The van der Waals surface area contributed by atoms with Crippen LogP contribution in [-0.4, -0.2) is 38.8 Å². The lowest BCUT2D eigenvalue weighted by Crippen LogP contribution is -2.34. The fourth-order valence-electron chi connectivity index (χ4n) is 6.99. The second-order valence-electron chi connectivity index (χ2n) is 11.7. The highest BCUT2D eigenvalue weighted by atomic mass is 32.2. The number of hydrogen-bond donors (Lipinski definition) is 0. The molecule has 4 nitrogen and oxygen atoms in total. The molecule has 0 aromatic heterocycles. The van der Waals surface area contributed by atoms with E-state index in [2.05, 4.69) is 15.8 Å². The molecule has 5 heteroatoms. The minimum Gasteiger partial charge on any atom is -0.305 e. The van der Waals surface area contributed by atoms with E-state index in [0.717, 1.165) is 12.5 Å². The highest BCUT2D eigenvalue weighted by Crippen LogP contribution is 2.41. The second kappa shape index (κ2) is 12.3. The van der Waals surface area contributed by atoms with Gasteiger partial charge in [-0.3, -0.25) is 9.30 Å². The lowest BCUT2D eigenvalue weighted by Gasteiger charge is -2.33. The molecular formula is C29H48N4S. The van der Waals surface area contributed by atoms with E-state index in [9.17, 15) is 0 Å². The molecule has 1 heterocycles. The Balaban J connectivity index is 1.41. The van der Waals surface area contributed by atoms with Crippen molar-refractivity contribution in [2.75, 3.05) is 6.54 Å². The van der Waals surface area contributed by atoms with Gasteiger partial charge in [-0.15, -0.1) is 0 Å². The average molecular weight is 485 g/mol. The second-order valence-corrected chi connectivity index (χ2v) is 12.7. The molecule has 0 amide bonds. The maximum atomic E-state index is 5.49. The maximum Gasteiger partial charge on any atom is 0.192 e. The normalized spacial score (nSPS) is 28.9. The third-order valence-corrected chi connectivity index (χ3v) is 10.3. The average Bonchev–Trinajstić information content (AvgIpc) is 3.20. The number of hydrogen-bond acceptors (Lipinski definition) is 3. The largest absolute Gasteiger partial charge is 0.305 e. The van der Waals surface area contributed by atoms with E-state index < -0.39 is 0 Å². The van der Waals surface area contributed by atoms with Gasteiger partial charge in [0.15, 0.2) is 5.17 Å². The van der Waals surface area contributed by atoms with Crippen molar-refractivity contribution in [1.82, 2.24) is 9.21 Å². The third kappa shape index (κ3) is 6.23. The van der Waals surface area contributed by atoms with Gasteiger partial charge in [-0.25, -0.2) is 4.99 Å². The maximum absolute atomic E-state index is 5.49. The zero-order valence-electron chi connectivity index (χ0n) is 21.6. The Morgan fingerprint density at radius 3 is 1.94 bits per heavy atom. The number of amidine groups is 2. The van der Waals surface area contributed by atoms with Crippen LogP contribution < -0.4 is 0 Å². The molecule has 4 aliphatic carbocycles. The number of aliphatic imine (C=N–C) groups is 2. The molecule has 190 valence electrons. The summed E-state index contributed by atoms with van der Waals surface area (Å²) in [5, 5.41) is 1.20. The monoisotopic (exact) mass is 484 g/mol. The molecule has 0 atom stereocenters. The summed E-state index contributed by atoms with van der Waals surface area (Å²) in [6.07, 6.45) is 26.9. The molecule has 0 aromatic rings. The fourth-order valence-corrected chi connectivity index (χ4v) is 8.15. The smallest absolute Gasteiger partial charge is 0.192 e. The Morgan fingerprint density at radius 2 is 1.29 bits per heavy atom. The summed E-state index contributed by atoms with van der Waals surface area (Å²) in [7, 11) is 0. The molecule has 0 unspecified atom stereocenters. The Labute approximate surface area is 213 Å². The lowest BCUT2D eigenvalue weighted by molar-refractivity contribution is 0.249. The van der Waals surface area contributed by atoms with Crippen molar-refractivity contribution in [1.29, 1.82) is 0 Å². The van der Waals surface area contributed by atoms with Crippen molar-refractivity contribution in [2.45, 2.75) is 141 Å². The first-order chi connectivity index (χ1) is 16.8. The first-order valence-electron chi connectivity index (χ1n) is 14.9. The highest BCUT2D eigenvalue weighted by Gasteiger charge is 2.38. The van der Waals surface area contributed by atoms with Crippen LogP contribution in [0.3, 0.4) is 0 Å². The Hall–Kier alpha value is -0.970. The molecule has 5 fully saturated rings. The van der Waals surface area contributed by atoms with Crippen LogP contribution in [0.2, 0.25) is 0 Å². The van der Waals surface area contributed by atoms with Crippen molar-refractivity contribution in [3.8, 4) is 0 Å². The van der Waals surface area contributed by atoms with E-state index in [1.807, 2.05) is 11.9 Å². The zero-order chi connectivity index (χ0) is 23.2. The van der Waals surface area contributed by atoms with Crippen LogP contribution in [0.1, 0.15) is 128 Å². The van der Waals surface area contributed by atoms with Gasteiger partial charge in [0.05, 0.1) is 6.04 Å². The van der Waals surface area contributed by atoms with Gasteiger partial charge in [-0.1, -0.05) is 83.6 Å². The SMILES string of the molecule is C=C1N(CC2CCCCC2)C(=NC(=NC2CCCCC2)C2CCCCC2)SN1C1CCCCC1. The summed E-state index contributed by atoms with van der Waals surface area (Å²) in [5.74, 6) is 3.76. The van der Waals surface area contributed by atoms with E-state index in [1.165, 1.54) is 145 Å². The molecule has 0 spiro atoms. The van der Waals surface area contributed by atoms with Crippen LogP contribution in [0.4, 0.5) is 0 Å². The summed E-state index contributed by atoms with van der Waals surface area (Å²) < 4.78 is 2.56. The fraction of sp³-hybridized carbons (Fsp3) is 0.862. The van der Waals surface area contributed by atoms with E-state index in [1.54, 1.807) is 0 Å². The van der Waals surface area contributed by atoms with Gasteiger partial charge in [0.2, 0.25) is 0 Å². The number of nitrogens with zero attached hydrogens (tertiary/aromatic N) is 4. The van der Waals surface area contributed by atoms with Gasteiger partial charge in [0, 0.05) is 30.5 Å². The first kappa shape index (κ1) is 24.7. The molecule has 0 aromatic carbocycles. The van der Waals surface area contributed by atoms with Crippen molar-refractivity contribution in [2.24, 2.45) is 21.8 Å². The van der Waals surface area contributed by atoms with Gasteiger partial charge in [-0.2, -0.15) is 0 Å². The summed E-state index contributed by atoms with van der Waals surface area (Å²) in [6.45, 7) is 5.76. The van der Waals surface area contributed by atoms with Crippen LogP contribution in [-0.2, 0) is 0 Å². The van der Waals surface area contributed by atoms with Gasteiger partial charge < -0.3 is 4.90 Å². The quantitative estimate of drug-likeness (QED) is 0.223. The van der Waals surface area contributed by atoms with Crippen molar-refractivity contribution in [3.05, 3.63) is 12.4 Å². The lowest BCUT2D eigenvalue weighted by atomic mass is 9.88. The summed E-state index contributed by atoms with van der Waals surface area (Å²) in [5.41, 5.74) is 0. The minimum atomic E-state index is 0.505. The Morgan fingerprint density at radius 1 is 0.735 bits per heavy atom. The summed E-state index contributed by atoms with van der Waals surface area (Å²) in [6, 6.07) is 1.13. The van der Waals surface area contributed by atoms with Crippen LogP contribution in [0, 0.1) is 11.8 Å². The van der Waals surface area contributed by atoms with E-state index in [0.29, 0.717) is 18.0 Å². The zero-order valence-corrected chi connectivity index (χ0v) is 22.4. The number of rotatable bonds is 5. The Kier molecular flexibility index (Phi) is 8.96. The van der Waals surface area contributed by atoms with E-state index >= 15 is 0 Å². The molecule has 1 aliphatic heterocycles. The molecule has 1 saturated heterocycles. The van der Waals surface area contributed by atoms with Crippen LogP contribution in [0.5, 0.6) is 0 Å². The van der Waals surface area contributed by atoms with Crippen molar-refractivity contribution in [3.63, 3.8) is 0 Å². The standard InChI is InChI=1S/C29H48N4S/c1-23-32(22-24-14-6-2-7-15-24)29(34-33(23)27-20-12-5-13-21-27)31-28(25-16-8-3-9-17-25)30-26-18-10-4-11-19-26/h24-27H,1-22H2. The third-order valence-electron chi connectivity index (χ3n) is 9.12. The minimum absolute atomic E-state index is 0.505. The van der Waals surface area contributed by atoms with Gasteiger partial charge in [-0.05, 0) is 57.3 Å². The predicted molar refractivity (Wildman–Crippen MR) is 147 cm³/mol. The van der Waals surface area contributed by atoms with Crippen molar-refractivity contribution < 1.29 is 0 Å². The first-order valence-corrected chi connectivity index (χ1v) is 15.7. The molecule has 0 bridgehead atoms. The summed E-state index contributed by atoms with van der Waals surface area (Å²) >= 11 is 1.91. The van der Waals surface area contributed by atoms with Gasteiger partial charge >= 0.3 is 0 Å². The molecule has 0 N–H and O–H groups in total. The summed E-state index contributed by atoms with van der Waals surface area (Å²) in [4.78, 5) is 13.4. The topological polar surface area (TPSA) is 31.2 Å². The molecular weight excluding hydrogens is 436 g/mol. The van der Waals surface area contributed by atoms with Gasteiger partial charge in [0.1, 0.15) is 11.7 Å². The molecule has 4 saturated carbocycles. The van der Waals surface area contributed by atoms with Crippen LogP contribution in [0.25, 0.3) is 0 Å².